The van der Waals surface area contributed by atoms with E-state index < -0.39 is 72.7 Å². The zero-order chi connectivity index (χ0) is 19.9. The molecule has 2 atom stereocenters. The smallest absolute Gasteiger partial charge is 0.377 e. The van der Waals surface area contributed by atoms with Crippen LogP contribution in [0.5, 0.6) is 0 Å². The molecule has 0 bridgehead atoms. The van der Waals surface area contributed by atoms with Crippen LogP contribution in [0.15, 0.2) is 11.5 Å². The summed E-state index contributed by atoms with van der Waals surface area (Å²) in [6.45, 7) is -0.671. The number of hydrogen-bond acceptors (Lipinski definition) is 10. The summed E-state index contributed by atoms with van der Waals surface area (Å²) in [5.74, 6) is -7.80. The Morgan fingerprint density at radius 3 is 1.76 bits per heavy atom. The Morgan fingerprint density at radius 1 is 1.08 bits per heavy atom. The van der Waals surface area contributed by atoms with E-state index in [0.29, 0.717) is 0 Å². The number of carbonyl (C=O) groups excluding carboxylic acids is 1. The topological polar surface area (TPSA) is 239 Å². The van der Waals surface area contributed by atoms with Crippen LogP contribution < -0.4 is 0 Å². The largest absolute Gasteiger partial charge is 0.505 e. The average Bonchev–Trinajstić information content (AvgIpc) is 2.73. The predicted molar refractivity (Wildman–Crippen MR) is 72.3 cm³/mol. The Labute approximate surface area is 138 Å². The molecule has 8 N–H and O–H groups in total. The molecule has 13 heteroatoms. The van der Waals surface area contributed by atoms with E-state index in [1.165, 1.54) is 0 Å². The fraction of sp³-hybridized carbons (Fsp3) is 0.500. The molecule has 0 saturated heterocycles. The first-order chi connectivity index (χ1) is 11.4. The van der Waals surface area contributed by atoms with Crippen LogP contribution in [0.25, 0.3) is 0 Å². The van der Waals surface area contributed by atoms with Crippen LogP contribution in [-0.2, 0) is 23.9 Å². The summed E-state index contributed by atoms with van der Waals surface area (Å²) in [6.07, 6.45) is -5.07. The SMILES string of the molecule is O=C(O)CC(O)(CC(=O)O)C(=O)O.O=C1O[C@H]([C@@H](O)CO)C(O)=C1O. The van der Waals surface area contributed by atoms with Gasteiger partial charge in [-0.15, -0.1) is 0 Å². The molecule has 0 aromatic rings. The number of carboxylic acid groups (broad SMARTS) is 3. The molecule has 1 aliphatic rings. The minimum absolute atomic E-state index is 0.671. The lowest BCUT2D eigenvalue weighted by Crippen LogP contribution is -2.42. The van der Waals surface area contributed by atoms with Crippen molar-refractivity contribution in [1.29, 1.82) is 0 Å². The molecule has 1 rings (SSSR count). The van der Waals surface area contributed by atoms with Gasteiger partial charge in [0, 0.05) is 0 Å². The summed E-state index contributed by atoms with van der Waals surface area (Å²) in [6, 6.07) is 0. The van der Waals surface area contributed by atoms with E-state index in [1.54, 1.807) is 0 Å². The number of esters is 1. The highest BCUT2D eigenvalue weighted by molar-refractivity contribution is 5.89. The highest BCUT2D eigenvalue weighted by Crippen LogP contribution is 2.20. The third-order valence-electron chi connectivity index (χ3n) is 2.76. The Balaban J connectivity index is 0.000000462. The van der Waals surface area contributed by atoms with Crippen molar-refractivity contribution in [1.82, 2.24) is 0 Å². The zero-order valence-corrected chi connectivity index (χ0v) is 12.4. The van der Waals surface area contributed by atoms with Crippen molar-refractivity contribution >= 4 is 23.9 Å². The third-order valence-corrected chi connectivity index (χ3v) is 2.76. The molecular weight excluding hydrogens is 352 g/mol. The van der Waals surface area contributed by atoms with Crippen molar-refractivity contribution in [3.05, 3.63) is 11.5 Å². The number of aliphatic hydroxyl groups excluding tert-OH is 4. The summed E-state index contributed by atoms with van der Waals surface area (Å²) in [7, 11) is 0. The fourth-order valence-electron chi connectivity index (χ4n) is 1.54. The van der Waals surface area contributed by atoms with Crippen molar-refractivity contribution in [3.8, 4) is 0 Å². The Morgan fingerprint density at radius 2 is 1.52 bits per heavy atom. The lowest BCUT2D eigenvalue weighted by Gasteiger charge is -2.18. The van der Waals surface area contributed by atoms with Gasteiger partial charge in [-0.2, -0.15) is 0 Å². The van der Waals surface area contributed by atoms with E-state index in [4.69, 9.17) is 40.9 Å². The molecule has 13 nitrogen and oxygen atoms in total. The van der Waals surface area contributed by atoms with Crippen LogP contribution >= 0.6 is 0 Å². The molecule has 0 amide bonds. The van der Waals surface area contributed by atoms with Gasteiger partial charge < -0.3 is 45.6 Å². The highest BCUT2D eigenvalue weighted by Gasteiger charge is 2.41. The van der Waals surface area contributed by atoms with E-state index in [0.717, 1.165) is 0 Å². The van der Waals surface area contributed by atoms with Crippen LogP contribution in [0.1, 0.15) is 12.8 Å². The Hall–Kier alpha value is -2.90. The number of carboxylic acids is 3. The molecule has 1 aliphatic heterocycles. The van der Waals surface area contributed by atoms with Gasteiger partial charge in [0.2, 0.25) is 5.76 Å². The van der Waals surface area contributed by atoms with Crippen molar-refractivity contribution in [2.24, 2.45) is 0 Å². The summed E-state index contributed by atoms with van der Waals surface area (Å²) in [4.78, 5) is 41.0. The van der Waals surface area contributed by atoms with Gasteiger partial charge in [0.15, 0.2) is 17.5 Å². The molecular formula is C12H16O13. The van der Waals surface area contributed by atoms with Crippen LogP contribution in [-0.4, -0.2) is 89.1 Å². The Bertz CT molecular complexity index is 562. The van der Waals surface area contributed by atoms with E-state index in [2.05, 4.69) is 4.74 Å². The van der Waals surface area contributed by atoms with Gasteiger partial charge in [-0.25, -0.2) is 9.59 Å². The van der Waals surface area contributed by atoms with Crippen molar-refractivity contribution < 1.29 is 64.8 Å². The van der Waals surface area contributed by atoms with Gasteiger partial charge in [0.05, 0.1) is 19.4 Å². The minimum Gasteiger partial charge on any atom is -0.505 e. The second-order valence-corrected chi connectivity index (χ2v) is 4.79. The second kappa shape index (κ2) is 8.81. The summed E-state index contributed by atoms with van der Waals surface area (Å²) >= 11 is 0. The fourth-order valence-corrected chi connectivity index (χ4v) is 1.54. The molecule has 0 spiro atoms. The van der Waals surface area contributed by atoms with Gasteiger partial charge in [-0.1, -0.05) is 0 Å². The number of aliphatic hydroxyl groups is 5. The maximum absolute atomic E-state index is 10.5. The lowest BCUT2D eigenvalue weighted by atomic mass is 9.96. The normalized spacial score (nSPS) is 18.0. The van der Waals surface area contributed by atoms with Crippen molar-refractivity contribution in [2.45, 2.75) is 30.7 Å². The van der Waals surface area contributed by atoms with Gasteiger partial charge in [-0.3, -0.25) is 9.59 Å². The summed E-state index contributed by atoms with van der Waals surface area (Å²) < 4.78 is 4.32. The zero-order valence-electron chi connectivity index (χ0n) is 12.4. The minimum atomic E-state index is -2.74. The monoisotopic (exact) mass is 368 g/mol. The average molecular weight is 368 g/mol. The van der Waals surface area contributed by atoms with E-state index in [9.17, 15) is 19.2 Å². The van der Waals surface area contributed by atoms with Crippen molar-refractivity contribution in [2.75, 3.05) is 6.61 Å². The predicted octanol–water partition coefficient (Wildman–Crippen LogP) is -2.66. The maximum atomic E-state index is 10.5. The first-order valence-corrected chi connectivity index (χ1v) is 6.37. The number of ether oxygens (including phenoxy) is 1. The standard InChI is InChI=1S/C6H8O7.C6H8O6/c7-3(8)1-6(13,5(11)12)2-4(9)10;7-1-2(8)5-3(9)4(10)6(11)12-5/h13H,1-2H2,(H,7,8)(H,9,10)(H,11,12);2,5,7-10H,1H2/t;2-,5+/m.0/s1. The first kappa shape index (κ1) is 22.1. The first-order valence-electron chi connectivity index (χ1n) is 6.37. The van der Waals surface area contributed by atoms with E-state index >= 15 is 0 Å². The Kier molecular flexibility index (Phi) is 7.79. The van der Waals surface area contributed by atoms with Crippen LogP contribution in [0.2, 0.25) is 0 Å². The number of hydrogen-bond donors (Lipinski definition) is 8. The molecule has 0 saturated carbocycles. The molecule has 0 fully saturated rings. The molecule has 0 aromatic heterocycles. The number of aliphatic carboxylic acids is 3. The second-order valence-electron chi connectivity index (χ2n) is 4.79. The van der Waals surface area contributed by atoms with Gasteiger partial charge >= 0.3 is 23.9 Å². The lowest BCUT2D eigenvalue weighted by molar-refractivity contribution is -0.170. The molecule has 0 aliphatic carbocycles. The van der Waals surface area contributed by atoms with Gasteiger partial charge in [0.1, 0.15) is 6.10 Å². The molecule has 1 heterocycles. The summed E-state index contributed by atoms with van der Waals surface area (Å²) in [5, 5.41) is 68.9. The summed E-state index contributed by atoms with van der Waals surface area (Å²) in [5.41, 5.74) is -2.74. The molecule has 142 valence electrons. The van der Waals surface area contributed by atoms with Gasteiger partial charge in [-0.05, 0) is 0 Å². The molecule has 0 aromatic carbocycles. The van der Waals surface area contributed by atoms with Crippen LogP contribution in [0.4, 0.5) is 0 Å². The molecule has 25 heavy (non-hydrogen) atoms. The molecule has 0 unspecified atom stereocenters. The highest BCUT2D eigenvalue weighted by atomic mass is 16.6. The molecule has 0 radical (unpaired) electrons. The number of cyclic esters (lactones) is 1. The maximum Gasteiger partial charge on any atom is 0.377 e. The van der Waals surface area contributed by atoms with E-state index in [1.807, 2.05) is 0 Å². The van der Waals surface area contributed by atoms with Crippen LogP contribution in [0.3, 0.4) is 0 Å². The quantitative estimate of drug-likeness (QED) is 0.214. The van der Waals surface area contributed by atoms with Gasteiger partial charge in [0.25, 0.3) is 0 Å². The number of carbonyl (C=O) groups is 4. The van der Waals surface area contributed by atoms with E-state index in [-0.39, 0.29) is 0 Å². The van der Waals surface area contributed by atoms with Crippen molar-refractivity contribution in [3.63, 3.8) is 0 Å². The third kappa shape index (κ3) is 6.25. The van der Waals surface area contributed by atoms with Crippen LogP contribution in [0, 0.1) is 0 Å². The number of rotatable bonds is 7.